The summed E-state index contributed by atoms with van der Waals surface area (Å²) >= 11 is 0. The molecule has 0 saturated carbocycles. The van der Waals surface area contributed by atoms with Gasteiger partial charge >= 0.3 is 0 Å². The first kappa shape index (κ1) is 19.3. The summed E-state index contributed by atoms with van der Waals surface area (Å²) in [5, 5.41) is 28.1. The highest BCUT2D eigenvalue weighted by atomic mass is 16.3. The van der Waals surface area contributed by atoms with Crippen LogP contribution in [0, 0.1) is 0 Å². The lowest BCUT2D eigenvalue weighted by Gasteiger charge is -2.46. The number of rotatable bonds is 5. The van der Waals surface area contributed by atoms with E-state index in [1.165, 1.54) is 0 Å². The van der Waals surface area contributed by atoms with Gasteiger partial charge in [-0.3, -0.25) is 10.2 Å². The van der Waals surface area contributed by atoms with E-state index in [1.807, 2.05) is 0 Å². The fourth-order valence-corrected chi connectivity index (χ4v) is 5.58. The average molecular weight is 389 g/mol. The van der Waals surface area contributed by atoms with Crippen molar-refractivity contribution in [1.29, 1.82) is 0 Å². The van der Waals surface area contributed by atoms with E-state index in [0.717, 1.165) is 35.1 Å². The van der Waals surface area contributed by atoms with Crippen molar-refractivity contribution in [2.45, 2.75) is 82.3 Å². The van der Waals surface area contributed by atoms with E-state index >= 15 is 0 Å². The molecule has 2 heterocycles. The summed E-state index contributed by atoms with van der Waals surface area (Å²) in [5.41, 5.74) is 4.26. The molecule has 1 saturated heterocycles. The molecule has 2 atom stereocenters. The second-order valence-electron chi connectivity index (χ2n) is 9.88. The molecule has 5 N–H and O–H groups in total. The van der Waals surface area contributed by atoms with Crippen molar-refractivity contribution < 1.29 is 15.0 Å². The zero-order chi connectivity index (χ0) is 20.3. The summed E-state index contributed by atoms with van der Waals surface area (Å²) in [5.74, 6) is -0.0609. The molecule has 0 radical (unpaired) electrons. The van der Waals surface area contributed by atoms with Crippen molar-refractivity contribution in [2.24, 2.45) is 0 Å². The van der Waals surface area contributed by atoms with Crippen LogP contribution in [0.2, 0.25) is 0 Å². The van der Waals surface area contributed by atoms with Crippen LogP contribution in [0.15, 0.2) is 12.2 Å². The third-order valence-electron chi connectivity index (χ3n) is 6.23. The van der Waals surface area contributed by atoms with Crippen LogP contribution in [-0.2, 0) is 4.79 Å². The maximum Gasteiger partial charge on any atom is 0.240 e. The number of carbonyl (C=O) groups excluding carboxylic acids is 1. The highest BCUT2D eigenvalue weighted by molar-refractivity contribution is 5.84. The molecular weight excluding hydrogens is 356 g/mol. The third-order valence-corrected chi connectivity index (χ3v) is 6.23. The van der Waals surface area contributed by atoms with Crippen molar-refractivity contribution >= 4 is 5.91 Å². The first-order valence-electron chi connectivity index (χ1n) is 10.2. The fourth-order valence-electron chi connectivity index (χ4n) is 5.58. The number of allylic oxidation sites excluding steroid dienone is 2. The number of piperidine rings is 1. The molecule has 7 heteroatoms. The molecule has 1 aromatic rings. The van der Waals surface area contributed by atoms with Gasteiger partial charge in [0.2, 0.25) is 17.7 Å². The normalized spacial score (nSPS) is 27.1. The van der Waals surface area contributed by atoms with Crippen LogP contribution < -0.4 is 16.1 Å². The van der Waals surface area contributed by atoms with Gasteiger partial charge in [0.15, 0.2) is 0 Å². The molecule has 28 heavy (non-hydrogen) atoms. The Morgan fingerprint density at radius 3 is 2.18 bits per heavy atom. The van der Waals surface area contributed by atoms with E-state index in [-0.39, 0.29) is 47.0 Å². The smallest absolute Gasteiger partial charge is 0.240 e. The molecule has 3 aliphatic rings. The van der Waals surface area contributed by atoms with Crippen LogP contribution in [0.1, 0.15) is 76.3 Å². The van der Waals surface area contributed by atoms with Gasteiger partial charge in [0.25, 0.3) is 0 Å². The molecule has 7 nitrogen and oxygen atoms in total. The van der Waals surface area contributed by atoms with Gasteiger partial charge in [0.05, 0.1) is 0 Å². The van der Waals surface area contributed by atoms with E-state index in [0.29, 0.717) is 12.6 Å². The SMILES string of the molecule is CC1(C)CC(NCCC(=O)Nn2c(O)c3c(c2O)C2C=CC3C2)CC(C)(C)N1. The van der Waals surface area contributed by atoms with Crippen molar-refractivity contribution in [1.82, 2.24) is 15.3 Å². The second kappa shape index (κ2) is 6.52. The summed E-state index contributed by atoms with van der Waals surface area (Å²) in [7, 11) is 0. The molecule has 0 spiro atoms. The van der Waals surface area contributed by atoms with E-state index in [2.05, 4.69) is 55.9 Å². The molecule has 1 aliphatic heterocycles. The van der Waals surface area contributed by atoms with Crippen molar-refractivity contribution in [3.05, 3.63) is 23.3 Å². The van der Waals surface area contributed by atoms with Gasteiger partial charge in [0, 0.05) is 53.0 Å². The van der Waals surface area contributed by atoms with Gasteiger partial charge in [-0.25, -0.2) is 0 Å². The average Bonchev–Trinajstić information content (AvgIpc) is 3.22. The molecule has 2 aliphatic carbocycles. The first-order chi connectivity index (χ1) is 13.1. The molecule has 2 bridgehead atoms. The Balaban J connectivity index is 1.33. The van der Waals surface area contributed by atoms with E-state index < -0.39 is 0 Å². The Bertz CT molecular complexity index is 773. The van der Waals surface area contributed by atoms with Gasteiger partial charge in [0.1, 0.15) is 0 Å². The maximum atomic E-state index is 12.4. The minimum Gasteiger partial charge on any atom is -0.493 e. The fraction of sp³-hybridized carbons (Fsp3) is 0.667. The van der Waals surface area contributed by atoms with Crippen LogP contribution in [0.4, 0.5) is 0 Å². The quantitative estimate of drug-likeness (QED) is 0.499. The zero-order valence-corrected chi connectivity index (χ0v) is 17.2. The molecule has 1 fully saturated rings. The molecular formula is C21H32N4O3. The van der Waals surface area contributed by atoms with E-state index in [4.69, 9.17) is 0 Å². The minimum absolute atomic E-state index is 0.0486. The van der Waals surface area contributed by atoms with Crippen LogP contribution in [0.5, 0.6) is 11.8 Å². The number of aromatic hydroxyl groups is 2. The lowest BCUT2D eigenvalue weighted by atomic mass is 9.79. The molecule has 1 amide bonds. The number of aromatic nitrogens is 1. The Labute approximate surface area is 166 Å². The molecule has 0 aromatic carbocycles. The number of hydrogen-bond donors (Lipinski definition) is 5. The Kier molecular flexibility index (Phi) is 4.50. The third kappa shape index (κ3) is 3.42. The lowest BCUT2D eigenvalue weighted by Crippen LogP contribution is -2.61. The van der Waals surface area contributed by atoms with Gasteiger partial charge in [-0.1, -0.05) is 12.2 Å². The number of carbonyl (C=O) groups is 1. The van der Waals surface area contributed by atoms with Crippen LogP contribution in [0.3, 0.4) is 0 Å². The van der Waals surface area contributed by atoms with Gasteiger partial charge in [-0.15, -0.1) is 0 Å². The lowest BCUT2D eigenvalue weighted by molar-refractivity contribution is -0.117. The maximum absolute atomic E-state index is 12.4. The number of hydrogen-bond acceptors (Lipinski definition) is 5. The Morgan fingerprint density at radius 1 is 1.11 bits per heavy atom. The van der Waals surface area contributed by atoms with E-state index in [9.17, 15) is 15.0 Å². The topological polar surface area (TPSA) is 98.6 Å². The predicted molar refractivity (Wildman–Crippen MR) is 108 cm³/mol. The first-order valence-corrected chi connectivity index (χ1v) is 10.2. The van der Waals surface area contributed by atoms with Gasteiger partial charge in [-0.05, 0) is 47.0 Å². The Hall–Kier alpha value is -1.99. The van der Waals surface area contributed by atoms with Crippen LogP contribution >= 0.6 is 0 Å². The number of nitrogens with zero attached hydrogens (tertiary/aromatic N) is 1. The number of amides is 1. The summed E-state index contributed by atoms with van der Waals surface area (Å²) in [6, 6.07) is 0.345. The summed E-state index contributed by atoms with van der Waals surface area (Å²) in [4.78, 5) is 12.4. The highest BCUT2D eigenvalue weighted by Crippen LogP contribution is 2.56. The number of fused-ring (bicyclic) bond motifs is 5. The van der Waals surface area contributed by atoms with Gasteiger partial charge in [-0.2, -0.15) is 4.68 Å². The van der Waals surface area contributed by atoms with Crippen molar-refractivity contribution in [3.63, 3.8) is 0 Å². The second-order valence-corrected chi connectivity index (χ2v) is 9.88. The van der Waals surface area contributed by atoms with E-state index in [1.54, 1.807) is 0 Å². The largest absolute Gasteiger partial charge is 0.493 e. The predicted octanol–water partition coefficient (Wildman–Crippen LogP) is 2.40. The number of nitrogens with one attached hydrogen (secondary N) is 3. The Morgan fingerprint density at radius 2 is 1.64 bits per heavy atom. The van der Waals surface area contributed by atoms with Crippen molar-refractivity contribution in [3.8, 4) is 11.8 Å². The standard InChI is InChI=1S/C21H32N4O3/c1-20(2)10-14(11-21(3,4)24-20)22-8-7-15(26)23-25-18(27)16-12-5-6-13(9-12)17(16)19(25)28/h5-6,12-14,22,24,27-28H,7-11H2,1-4H3,(H,23,26). The monoisotopic (exact) mass is 388 g/mol. The van der Waals surface area contributed by atoms with Crippen molar-refractivity contribution in [2.75, 3.05) is 12.0 Å². The molecule has 4 rings (SSSR count). The molecule has 154 valence electrons. The molecule has 2 unspecified atom stereocenters. The van der Waals surface area contributed by atoms with Crippen LogP contribution in [-0.4, -0.2) is 44.5 Å². The van der Waals surface area contributed by atoms with Crippen LogP contribution in [0.25, 0.3) is 0 Å². The highest BCUT2D eigenvalue weighted by Gasteiger charge is 2.41. The minimum atomic E-state index is -0.237. The van der Waals surface area contributed by atoms with Gasteiger partial charge < -0.3 is 20.8 Å². The zero-order valence-electron chi connectivity index (χ0n) is 17.2. The summed E-state index contributed by atoms with van der Waals surface area (Å²) in [6.45, 7) is 9.36. The summed E-state index contributed by atoms with van der Waals surface area (Å²) < 4.78 is 1.13. The summed E-state index contributed by atoms with van der Waals surface area (Å²) in [6.07, 6.45) is 7.29. The molecule has 1 aromatic heterocycles.